The van der Waals surface area contributed by atoms with E-state index in [4.69, 9.17) is 4.74 Å². The number of carbonyl (C=O) groups excluding carboxylic acids is 2. The number of thioether (sulfide) groups is 1. The minimum atomic E-state index is -0.525. The molecule has 0 aliphatic carbocycles. The van der Waals surface area contributed by atoms with E-state index in [1.165, 1.54) is 23.1 Å². The summed E-state index contributed by atoms with van der Waals surface area (Å²) in [6.07, 6.45) is -0.448. The van der Waals surface area contributed by atoms with Gasteiger partial charge in [-0.1, -0.05) is 36.9 Å². The Morgan fingerprint density at radius 2 is 2.00 bits per heavy atom. The van der Waals surface area contributed by atoms with Gasteiger partial charge in [-0.15, -0.1) is 10.2 Å². The van der Waals surface area contributed by atoms with Crippen molar-refractivity contribution in [2.24, 2.45) is 5.41 Å². The molecule has 0 unspecified atom stereocenters. The Labute approximate surface area is 151 Å². The summed E-state index contributed by atoms with van der Waals surface area (Å²) in [4.78, 5) is 25.6. The SMILES string of the molecule is CN(CC(C)(C)CNC(=O)OC(C)(C)C)C(=O)CSc1nncs1. The van der Waals surface area contributed by atoms with E-state index in [1.54, 1.807) is 17.5 Å². The van der Waals surface area contributed by atoms with E-state index in [-0.39, 0.29) is 11.3 Å². The second kappa shape index (κ2) is 8.66. The molecule has 1 heterocycles. The van der Waals surface area contributed by atoms with Gasteiger partial charge in [0.2, 0.25) is 5.91 Å². The van der Waals surface area contributed by atoms with Crippen LogP contribution in [0.15, 0.2) is 9.85 Å². The first-order chi connectivity index (χ1) is 11.0. The number of amides is 2. The first kappa shape index (κ1) is 20.7. The first-order valence-electron chi connectivity index (χ1n) is 7.58. The quantitative estimate of drug-likeness (QED) is 0.739. The highest BCUT2D eigenvalue weighted by atomic mass is 32.2. The van der Waals surface area contributed by atoms with Gasteiger partial charge < -0.3 is 15.0 Å². The average molecular weight is 375 g/mol. The number of aromatic nitrogens is 2. The van der Waals surface area contributed by atoms with Gasteiger partial charge in [0.15, 0.2) is 4.34 Å². The van der Waals surface area contributed by atoms with E-state index >= 15 is 0 Å². The van der Waals surface area contributed by atoms with E-state index in [0.29, 0.717) is 18.8 Å². The van der Waals surface area contributed by atoms with Crippen molar-refractivity contribution in [1.82, 2.24) is 20.4 Å². The Kier molecular flexibility index (Phi) is 7.47. The Morgan fingerprint density at radius 3 is 2.54 bits per heavy atom. The molecular weight excluding hydrogens is 348 g/mol. The molecule has 0 bridgehead atoms. The lowest BCUT2D eigenvalue weighted by Crippen LogP contribution is -2.44. The van der Waals surface area contributed by atoms with Crippen LogP contribution in [0.4, 0.5) is 4.79 Å². The van der Waals surface area contributed by atoms with Gasteiger partial charge in [0.1, 0.15) is 11.1 Å². The Balaban J connectivity index is 2.38. The van der Waals surface area contributed by atoms with Crippen molar-refractivity contribution in [2.75, 3.05) is 25.9 Å². The lowest BCUT2D eigenvalue weighted by atomic mass is 9.93. The molecule has 0 atom stereocenters. The van der Waals surface area contributed by atoms with E-state index in [0.717, 1.165) is 4.34 Å². The van der Waals surface area contributed by atoms with Crippen LogP contribution in [-0.4, -0.2) is 58.6 Å². The summed E-state index contributed by atoms with van der Waals surface area (Å²) in [6.45, 7) is 10.4. The second-order valence-corrected chi connectivity index (χ2v) is 9.32. The monoisotopic (exact) mass is 374 g/mol. The van der Waals surface area contributed by atoms with Gasteiger partial charge >= 0.3 is 6.09 Å². The average Bonchev–Trinajstić information content (AvgIpc) is 2.93. The summed E-state index contributed by atoms with van der Waals surface area (Å²) in [6, 6.07) is 0. The molecule has 0 radical (unpaired) electrons. The first-order valence-corrected chi connectivity index (χ1v) is 9.45. The molecule has 136 valence electrons. The molecule has 1 aromatic heterocycles. The number of carbonyl (C=O) groups is 2. The third-order valence-electron chi connectivity index (χ3n) is 2.86. The number of hydrogen-bond donors (Lipinski definition) is 1. The highest BCUT2D eigenvalue weighted by Crippen LogP contribution is 2.20. The molecule has 0 spiro atoms. The predicted octanol–water partition coefficient (Wildman–Crippen LogP) is 2.64. The third-order valence-corrected chi connectivity index (χ3v) is 4.71. The zero-order valence-corrected chi connectivity index (χ0v) is 16.7. The molecule has 0 fully saturated rings. The molecule has 0 aromatic carbocycles. The molecule has 7 nitrogen and oxygen atoms in total. The smallest absolute Gasteiger partial charge is 0.407 e. The summed E-state index contributed by atoms with van der Waals surface area (Å²) in [5, 5.41) is 10.4. The van der Waals surface area contributed by atoms with Crippen molar-refractivity contribution in [3.05, 3.63) is 5.51 Å². The van der Waals surface area contributed by atoms with Crippen LogP contribution in [0.1, 0.15) is 34.6 Å². The molecule has 0 saturated heterocycles. The second-order valence-electron chi connectivity index (χ2n) is 7.26. The maximum atomic E-state index is 12.2. The number of nitrogens with zero attached hydrogens (tertiary/aromatic N) is 3. The van der Waals surface area contributed by atoms with Gasteiger partial charge in [0.25, 0.3) is 0 Å². The number of alkyl carbamates (subject to hydrolysis) is 1. The maximum Gasteiger partial charge on any atom is 0.407 e. The van der Waals surface area contributed by atoms with Gasteiger partial charge in [-0.3, -0.25) is 4.79 Å². The minimum Gasteiger partial charge on any atom is -0.444 e. The molecule has 1 N–H and O–H groups in total. The zero-order chi connectivity index (χ0) is 18.4. The van der Waals surface area contributed by atoms with Crippen LogP contribution in [0.5, 0.6) is 0 Å². The number of nitrogens with one attached hydrogen (secondary N) is 1. The van der Waals surface area contributed by atoms with Crippen LogP contribution >= 0.6 is 23.1 Å². The number of rotatable bonds is 7. The van der Waals surface area contributed by atoms with E-state index in [1.807, 2.05) is 34.6 Å². The molecule has 0 aliphatic heterocycles. The molecule has 24 heavy (non-hydrogen) atoms. The Hall–Kier alpha value is -1.35. The minimum absolute atomic E-state index is 0.0144. The lowest BCUT2D eigenvalue weighted by molar-refractivity contribution is -0.128. The van der Waals surface area contributed by atoms with Crippen molar-refractivity contribution < 1.29 is 14.3 Å². The highest BCUT2D eigenvalue weighted by molar-refractivity contribution is 8.01. The van der Waals surface area contributed by atoms with Crippen LogP contribution in [0.3, 0.4) is 0 Å². The normalized spacial score (nSPS) is 11.9. The Morgan fingerprint density at radius 1 is 1.33 bits per heavy atom. The molecule has 1 aromatic rings. The van der Waals surface area contributed by atoms with Crippen LogP contribution in [0.2, 0.25) is 0 Å². The predicted molar refractivity (Wildman–Crippen MR) is 96.3 cm³/mol. The van der Waals surface area contributed by atoms with Gasteiger partial charge in [-0.25, -0.2) is 4.79 Å². The van der Waals surface area contributed by atoms with Crippen LogP contribution in [-0.2, 0) is 9.53 Å². The standard InChI is InChI=1S/C15H26N4O3S2/c1-14(2,3)22-12(21)16-8-15(4,5)9-19(6)11(20)7-23-13-18-17-10-24-13/h10H,7-9H2,1-6H3,(H,16,21). The molecule has 2 amide bonds. The van der Waals surface area contributed by atoms with E-state index in [9.17, 15) is 9.59 Å². The van der Waals surface area contributed by atoms with Crippen molar-refractivity contribution in [3.63, 3.8) is 0 Å². The largest absolute Gasteiger partial charge is 0.444 e. The van der Waals surface area contributed by atoms with Crippen molar-refractivity contribution in [1.29, 1.82) is 0 Å². The lowest BCUT2D eigenvalue weighted by Gasteiger charge is -2.31. The molecule has 0 aliphatic rings. The highest BCUT2D eigenvalue weighted by Gasteiger charge is 2.25. The number of hydrogen-bond acceptors (Lipinski definition) is 7. The number of ether oxygens (including phenoxy) is 1. The molecular formula is C15H26N4O3S2. The molecule has 0 saturated carbocycles. The van der Waals surface area contributed by atoms with Gasteiger partial charge in [0.05, 0.1) is 5.75 Å². The summed E-state index contributed by atoms with van der Waals surface area (Å²) in [5.41, 5.74) is 0.847. The van der Waals surface area contributed by atoms with Gasteiger partial charge in [-0.2, -0.15) is 0 Å². The van der Waals surface area contributed by atoms with Gasteiger partial charge in [0, 0.05) is 20.1 Å². The summed E-state index contributed by atoms with van der Waals surface area (Å²) < 4.78 is 6.00. The third kappa shape index (κ3) is 8.49. The van der Waals surface area contributed by atoms with Crippen LogP contribution in [0.25, 0.3) is 0 Å². The van der Waals surface area contributed by atoms with Crippen LogP contribution in [0, 0.1) is 5.41 Å². The fraction of sp³-hybridized carbons (Fsp3) is 0.733. The maximum absolute atomic E-state index is 12.2. The van der Waals surface area contributed by atoms with Crippen molar-refractivity contribution >= 4 is 35.1 Å². The van der Waals surface area contributed by atoms with Crippen molar-refractivity contribution in [3.8, 4) is 0 Å². The summed E-state index contributed by atoms with van der Waals surface area (Å²) in [5.74, 6) is 0.335. The summed E-state index contributed by atoms with van der Waals surface area (Å²) >= 11 is 2.79. The Bertz CT molecular complexity index is 541. The fourth-order valence-corrected chi connectivity index (χ4v) is 3.30. The topological polar surface area (TPSA) is 84.4 Å². The van der Waals surface area contributed by atoms with Gasteiger partial charge in [-0.05, 0) is 26.2 Å². The van der Waals surface area contributed by atoms with E-state index < -0.39 is 11.7 Å². The molecule has 1 rings (SSSR count). The van der Waals surface area contributed by atoms with Crippen molar-refractivity contribution in [2.45, 2.75) is 44.6 Å². The fourth-order valence-electron chi connectivity index (χ4n) is 1.87. The zero-order valence-electron chi connectivity index (χ0n) is 15.1. The molecule has 9 heteroatoms. The van der Waals surface area contributed by atoms with Crippen LogP contribution < -0.4 is 5.32 Å². The summed E-state index contributed by atoms with van der Waals surface area (Å²) in [7, 11) is 1.76. The van der Waals surface area contributed by atoms with E-state index in [2.05, 4.69) is 15.5 Å².